The maximum Gasteiger partial charge on any atom is 0.241 e. The lowest BCUT2D eigenvalue weighted by Gasteiger charge is -2.06. The fourth-order valence-corrected chi connectivity index (χ4v) is 3.99. The SMILES string of the molecule is COCCOCCNS(=O)(=O)c1cc(CN)sc1C. The van der Waals surface area contributed by atoms with Crippen LogP contribution in [-0.2, 0) is 26.0 Å². The van der Waals surface area contributed by atoms with E-state index >= 15 is 0 Å². The molecule has 0 bridgehead atoms. The molecule has 1 rings (SSSR count). The summed E-state index contributed by atoms with van der Waals surface area (Å²) < 4.78 is 36.6. The van der Waals surface area contributed by atoms with Crippen LogP contribution < -0.4 is 10.5 Å². The summed E-state index contributed by atoms with van der Waals surface area (Å²) in [6.07, 6.45) is 0. The van der Waals surface area contributed by atoms with E-state index in [1.165, 1.54) is 11.3 Å². The van der Waals surface area contributed by atoms with Crippen molar-refractivity contribution in [2.24, 2.45) is 5.73 Å². The van der Waals surface area contributed by atoms with Crippen LogP contribution in [-0.4, -0.2) is 41.9 Å². The highest BCUT2D eigenvalue weighted by Gasteiger charge is 2.18. The highest BCUT2D eigenvalue weighted by Crippen LogP contribution is 2.25. The second-order valence-corrected chi connectivity index (χ2v) is 6.92. The number of nitrogens with one attached hydrogen (secondary N) is 1. The molecule has 1 aromatic heterocycles. The average Bonchev–Trinajstić information content (AvgIpc) is 2.76. The monoisotopic (exact) mass is 308 g/mol. The molecule has 0 aliphatic heterocycles. The molecule has 110 valence electrons. The van der Waals surface area contributed by atoms with Crippen LogP contribution in [0.15, 0.2) is 11.0 Å². The maximum atomic E-state index is 12.0. The van der Waals surface area contributed by atoms with Crippen molar-refractivity contribution in [1.82, 2.24) is 4.72 Å². The molecular weight excluding hydrogens is 288 g/mol. The lowest BCUT2D eigenvalue weighted by molar-refractivity contribution is 0.0736. The first-order chi connectivity index (χ1) is 9.01. The Bertz CT molecular complexity index is 485. The standard InChI is InChI=1S/C11H20N2O4S2/c1-9-11(7-10(8-12)18-9)19(14,15)13-3-4-17-6-5-16-2/h7,13H,3-6,8,12H2,1-2H3. The van der Waals surface area contributed by atoms with Gasteiger partial charge in [0, 0.05) is 30.0 Å². The van der Waals surface area contributed by atoms with Crippen LogP contribution in [0.3, 0.4) is 0 Å². The molecule has 3 N–H and O–H groups in total. The zero-order valence-corrected chi connectivity index (χ0v) is 12.8. The van der Waals surface area contributed by atoms with E-state index in [1.807, 2.05) is 0 Å². The van der Waals surface area contributed by atoms with Crippen molar-refractivity contribution in [2.75, 3.05) is 33.5 Å². The summed E-state index contributed by atoms with van der Waals surface area (Å²) in [7, 11) is -1.90. The fourth-order valence-electron chi connectivity index (χ4n) is 1.46. The van der Waals surface area contributed by atoms with Crippen LogP contribution in [0.4, 0.5) is 0 Å². The quantitative estimate of drug-likeness (QED) is 0.647. The van der Waals surface area contributed by atoms with Gasteiger partial charge in [0.05, 0.1) is 24.7 Å². The zero-order chi connectivity index (χ0) is 14.3. The number of hydrogen-bond donors (Lipinski definition) is 2. The topological polar surface area (TPSA) is 90.6 Å². The van der Waals surface area contributed by atoms with Crippen molar-refractivity contribution in [3.8, 4) is 0 Å². The molecule has 0 fully saturated rings. The van der Waals surface area contributed by atoms with Crippen molar-refractivity contribution < 1.29 is 17.9 Å². The van der Waals surface area contributed by atoms with Crippen LogP contribution >= 0.6 is 11.3 Å². The molecule has 8 heteroatoms. The van der Waals surface area contributed by atoms with Gasteiger partial charge in [-0.25, -0.2) is 13.1 Å². The van der Waals surface area contributed by atoms with Crippen molar-refractivity contribution in [3.05, 3.63) is 15.8 Å². The summed E-state index contributed by atoms with van der Waals surface area (Å²) in [6.45, 7) is 3.62. The lowest BCUT2D eigenvalue weighted by Crippen LogP contribution is -2.28. The predicted octanol–water partition coefficient (Wildman–Crippen LogP) is 0.457. The van der Waals surface area contributed by atoms with Gasteiger partial charge in [0.15, 0.2) is 0 Å². The number of methoxy groups -OCH3 is 1. The van der Waals surface area contributed by atoms with E-state index in [0.29, 0.717) is 31.3 Å². The maximum absolute atomic E-state index is 12.0. The second-order valence-electron chi connectivity index (χ2n) is 3.84. The number of sulfonamides is 1. The van der Waals surface area contributed by atoms with E-state index in [2.05, 4.69) is 4.72 Å². The Morgan fingerprint density at radius 3 is 2.68 bits per heavy atom. The molecule has 0 aromatic carbocycles. The van der Waals surface area contributed by atoms with Gasteiger partial charge in [-0.15, -0.1) is 11.3 Å². The molecule has 0 amide bonds. The Morgan fingerprint density at radius 1 is 1.37 bits per heavy atom. The van der Waals surface area contributed by atoms with Gasteiger partial charge in [-0.05, 0) is 13.0 Å². The molecule has 0 saturated heterocycles. The van der Waals surface area contributed by atoms with Gasteiger partial charge >= 0.3 is 0 Å². The number of thiophene rings is 1. The first-order valence-electron chi connectivity index (χ1n) is 5.87. The van der Waals surface area contributed by atoms with Crippen molar-refractivity contribution >= 4 is 21.4 Å². The molecule has 0 atom stereocenters. The molecule has 0 aliphatic carbocycles. The van der Waals surface area contributed by atoms with Gasteiger partial charge in [0.1, 0.15) is 0 Å². The highest BCUT2D eigenvalue weighted by molar-refractivity contribution is 7.89. The average molecular weight is 308 g/mol. The fraction of sp³-hybridized carbons (Fsp3) is 0.636. The van der Waals surface area contributed by atoms with Crippen molar-refractivity contribution in [3.63, 3.8) is 0 Å². The van der Waals surface area contributed by atoms with E-state index in [1.54, 1.807) is 20.1 Å². The van der Waals surface area contributed by atoms with Gasteiger partial charge in [0.25, 0.3) is 0 Å². The molecule has 1 aromatic rings. The number of ether oxygens (including phenoxy) is 2. The van der Waals surface area contributed by atoms with Gasteiger partial charge in [-0.3, -0.25) is 0 Å². The second kappa shape index (κ2) is 7.93. The zero-order valence-electron chi connectivity index (χ0n) is 11.1. The van der Waals surface area contributed by atoms with Crippen LogP contribution in [0.5, 0.6) is 0 Å². The smallest absolute Gasteiger partial charge is 0.241 e. The first kappa shape index (κ1) is 16.5. The minimum atomic E-state index is -3.48. The summed E-state index contributed by atoms with van der Waals surface area (Å²) in [6, 6.07) is 1.62. The van der Waals surface area contributed by atoms with E-state index in [9.17, 15) is 8.42 Å². The van der Waals surface area contributed by atoms with E-state index < -0.39 is 10.0 Å². The summed E-state index contributed by atoms with van der Waals surface area (Å²) >= 11 is 1.40. The Morgan fingerprint density at radius 2 is 2.11 bits per heavy atom. The molecule has 1 heterocycles. The Hall–Kier alpha value is -0.510. The van der Waals surface area contributed by atoms with E-state index in [0.717, 1.165) is 9.75 Å². The third-order valence-corrected chi connectivity index (χ3v) is 5.17. The van der Waals surface area contributed by atoms with Crippen molar-refractivity contribution in [1.29, 1.82) is 0 Å². The molecule has 0 saturated carbocycles. The van der Waals surface area contributed by atoms with E-state index in [4.69, 9.17) is 15.2 Å². The molecule has 0 unspecified atom stereocenters. The lowest BCUT2D eigenvalue weighted by atomic mass is 10.4. The van der Waals surface area contributed by atoms with Crippen LogP contribution in [0.2, 0.25) is 0 Å². The number of aryl methyl sites for hydroxylation is 1. The van der Waals surface area contributed by atoms with Crippen LogP contribution in [0.1, 0.15) is 9.75 Å². The Balaban J connectivity index is 2.49. The van der Waals surface area contributed by atoms with Crippen molar-refractivity contribution in [2.45, 2.75) is 18.4 Å². The molecule has 6 nitrogen and oxygen atoms in total. The molecule has 0 aliphatic rings. The number of rotatable bonds is 9. The third-order valence-electron chi connectivity index (χ3n) is 2.38. The largest absolute Gasteiger partial charge is 0.382 e. The van der Waals surface area contributed by atoms with E-state index in [-0.39, 0.29) is 6.54 Å². The van der Waals surface area contributed by atoms with Gasteiger partial charge < -0.3 is 15.2 Å². The third kappa shape index (κ3) is 5.17. The minimum absolute atomic E-state index is 0.235. The first-order valence-corrected chi connectivity index (χ1v) is 8.17. The number of hydrogen-bond acceptors (Lipinski definition) is 6. The molecule has 0 spiro atoms. The Labute approximate surface area is 118 Å². The predicted molar refractivity (Wildman–Crippen MR) is 74.8 cm³/mol. The number of nitrogens with two attached hydrogens (primary N) is 1. The van der Waals surface area contributed by atoms with Gasteiger partial charge in [-0.1, -0.05) is 0 Å². The summed E-state index contributed by atoms with van der Waals surface area (Å²) in [4.78, 5) is 1.90. The Kier molecular flexibility index (Phi) is 6.90. The van der Waals surface area contributed by atoms with Crippen LogP contribution in [0, 0.1) is 6.92 Å². The van der Waals surface area contributed by atoms with Gasteiger partial charge in [0.2, 0.25) is 10.0 Å². The summed E-state index contributed by atoms with van der Waals surface area (Å²) in [5, 5.41) is 0. The summed E-state index contributed by atoms with van der Waals surface area (Å²) in [5.41, 5.74) is 5.51. The van der Waals surface area contributed by atoms with Crippen LogP contribution in [0.25, 0.3) is 0 Å². The highest BCUT2D eigenvalue weighted by atomic mass is 32.2. The minimum Gasteiger partial charge on any atom is -0.382 e. The normalized spacial score (nSPS) is 11.9. The molecule has 0 radical (unpaired) electrons. The van der Waals surface area contributed by atoms with Gasteiger partial charge in [-0.2, -0.15) is 0 Å². The molecular formula is C11H20N2O4S2. The summed E-state index contributed by atoms with van der Waals surface area (Å²) in [5.74, 6) is 0. The molecule has 19 heavy (non-hydrogen) atoms.